The summed E-state index contributed by atoms with van der Waals surface area (Å²) < 4.78 is 11.2. The highest BCUT2D eigenvalue weighted by Gasteiger charge is 2.37. The number of benzene rings is 1. The summed E-state index contributed by atoms with van der Waals surface area (Å²) in [5, 5.41) is 4.91. The van der Waals surface area contributed by atoms with Gasteiger partial charge in [-0.1, -0.05) is 36.4 Å². The lowest BCUT2D eigenvalue weighted by Gasteiger charge is -2.44. The van der Waals surface area contributed by atoms with Crippen LogP contribution in [0.4, 0.5) is 0 Å². The van der Waals surface area contributed by atoms with Crippen LogP contribution in [-0.2, 0) is 14.3 Å². The van der Waals surface area contributed by atoms with E-state index in [1.54, 1.807) is 6.07 Å². The lowest BCUT2D eigenvalue weighted by Crippen LogP contribution is -2.52. The summed E-state index contributed by atoms with van der Waals surface area (Å²) in [7, 11) is 0. The van der Waals surface area contributed by atoms with Gasteiger partial charge in [0.05, 0.1) is 5.92 Å². The van der Waals surface area contributed by atoms with Gasteiger partial charge in [0.25, 0.3) is 0 Å². The summed E-state index contributed by atoms with van der Waals surface area (Å²) in [5.41, 5.74) is 0.899. The van der Waals surface area contributed by atoms with Crippen LogP contribution in [0.3, 0.4) is 0 Å². The highest BCUT2D eigenvalue weighted by atomic mass is 32.1. The molecule has 29 heavy (non-hydrogen) atoms. The standard InChI is InChI=1S/C22H26N2O4S/c25-21(28-19-14-24-10-8-17(19)9-11-24)18(16-5-2-1-3-6-16)13-23-15-27-22(26)20-7-4-12-29-20/h1-7,12,17-19,23H,8-11,13-15H2/t18?,19-/m0/s1. The molecule has 6 nitrogen and oxygen atoms in total. The molecule has 0 amide bonds. The first-order chi connectivity index (χ1) is 14.2. The van der Waals surface area contributed by atoms with Crippen LogP contribution in [-0.4, -0.2) is 55.9 Å². The van der Waals surface area contributed by atoms with Crippen molar-refractivity contribution in [1.29, 1.82) is 0 Å². The Kier molecular flexibility index (Phi) is 6.59. The van der Waals surface area contributed by atoms with Gasteiger partial charge in [-0.3, -0.25) is 15.0 Å². The van der Waals surface area contributed by atoms with E-state index in [2.05, 4.69) is 10.2 Å². The average molecular weight is 415 g/mol. The molecule has 1 N–H and O–H groups in total. The highest BCUT2D eigenvalue weighted by Crippen LogP contribution is 2.31. The van der Waals surface area contributed by atoms with Crippen LogP contribution in [0.25, 0.3) is 0 Å². The molecule has 2 atom stereocenters. The number of fused-ring (bicyclic) bond motifs is 3. The molecular weight excluding hydrogens is 388 g/mol. The molecule has 3 aliphatic rings. The predicted octanol–water partition coefficient (Wildman–Crippen LogP) is 2.87. The highest BCUT2D eigenvalue weighted by molar-refractivity contribution is 7.11. The Balaban J connectivity index is 1.33. The largest absolute Gasteiger partial charge is 0.460 e. The lowest BCUT2D eigenvalue weighted by molar-refractivity contribution is -0.160. The van der Waals surface area contributed by atoms with Crippen molar-refractivity contribution in [3.63, 3.8) is 0 Å². The quantitative estimate of drug-likeness (QED) is 0.407. The molecule has 2 bridgehead atoms. The molecule has 5 rings (SSSR count). The van der Waals surface area contributed by atoms with E-state index < -0.39 is 5.92 Å². The Morgan fingerprint density at radius 3 is 2.59 bits per heavy atom. The fraction of sp³-hybridized carbons (Fsp3) is 0.455. The van der Waals surface area contributed by atoms with Crippen LogP contribution in [0.1, 0.15) is 34.0 Å². The third kappa shape index (κ3) is 5.04. The second kappa shape index (κ2) is 9.52. The van der Waals surface area contributed by atoms with E-state index >= 15 is 0 Å². The van der Waals surface area contributed by atoms with Gasteiger partial charge in [0, 0.05) is 13.1 Å². The zero-order valence-corrected chi connectivity index (χ0v) is 17.1. The number of nitrogens with one attached hydrogen (secondary N) is 1. The maximum absolute atomic E-state index is 13.0. The Hall–Kier alpha value is -2.22. The molecule has 0 radical (unpaired) electrons. The van der Waals surface area contributed by atoms with Crippen molar-refractivity contribution >= 4 is 23.3 Å². The van der Waals surface area contributed by atoms with E-state index in [1.165, 1.54) is 11.3 Å². The fourth-order valence-electron chi connectivity index (χ4n) is 4.08. The third-order valence-corrected chi connectivity index (χ3v) is 6.58. The summed E-state index contributed by atoms with van der Waals surface area (Å²) in [6.45, 7) is 3.45. The normalized spacial score (nSPS) is 24.1. The predicted molar refractivity (Wildman–Crippen MR) is 111 cm³/mol. The summed E-state index contributed by atoms with van der Waals surface area (Å²) in [6.07, 6.45) is 2.18. The molecule has 154 valence electrons. The molecule has 0 aliphatic carbocycles. The van der Waals surface area contributed by atoms with Crippen LogP contribution >= 0.6 is 11.3 Å². The number of ether oxygens (including phenoxy) is 2. The van der Waals surface area contributed by atoms with Crippen molar-refractivity contribution in [2.75, 3.05) is 32.9 Å². The molecule has 1 unspecified atom stereocenters. The smallest absolute Gasteiger partial charge is 0.349 e. The number of thiophene rings is 1. The Bertz CT molecular complexity index is 803. The van der Waals surface area contributed by atoms with Crippen molar-refractivity contribution in [3.05, 3.63) is 58.3 Å². The van der Waals surface area contributed by atoms with E-state index in [0.717, 1.165) is 38.0 Å². The molecule has 1 aromatic carbocycles. The molecular formula is C22H26N2O4S. The van der Waals surface area contributed by atoms with Crippen LogP contribution in [0.15, 0.2) is 47.8 Å². The summed E-state index contributed by atoms with van der Waals surface area (Å²) in [4.78, 5) is 27.9. The minimum absolute atomic E-state index is 0.0205. The second-order valence-corrected chi connectivity index (χ2v) is 8.53. The van der Waals surface area contributed by atoms with Crippen molar-refractivity contribution in [2.24, 2.45) is 5.92 Å². The molecule has 3 fully saturated rings. The van der Waals surface area contributed by atoms with Gasteiger partial charge >= 0.3 is 11.9 Å². The van der Waals surface area contributed by atoms with E-state index in [4.69, 9.17) is 9.47 Å². The van der Waals surface area contributed by atoms with Crippen LogP contribution < -0.4 is 5.32 Å². The van der Waals surface area contributed by atoms with E-state index in [9.17, 15) is 9.59 Å². The number of esters is 2. The number of hydrogen-bond acceptors (Lipinski definition) is 7. The van der Waals surface area contributed by atoms with Crippen LogP contribution in [0, 0.1) is 5.92 Å². The van der Waals surface area contributed by atoms with Gasteiger partial charge in [-0.25, -0.2) is 4.79 Å². The van der Waals surface area contributed by atoms with E-state index in [-0.39, 0.29) is 24.8 Å². The Morgan fingerprint density at radius 1 is 1.14 bits per heavy atom. The molecule has 7 heteroatoms. The van der Waals surface area contributed by atoms with Crippen molar-refractivity contribution in [2.45, 2.75) is 24.9 Å². The van der Waals surface area contributed by atoms with Crippen LogP contribution in [0.2, 0.25) is 0 Å². The Morgan fingerprint density at radius 2 is 1.93 bits per heavy atom. The van der Waals surface area contributed by atoms with Gasteiger partial charge < -0.3 is 9.47 Å². The summed E-state index contributed by atoms with van der Waals surface area (Å²) >= 11 is 1.34. The van der Waals surface area contributed by atoms with Crippen molar-refractivity contribution < 1.29 is 19.1 Å². The lowest BCUT2D eigenvalue weighted by atomic mass is 9.85. The number of rotatable bonds is 8. The monoisotopic (exact) mass is 414 g/mol. The number of carbonyl (C=O) groups excluding carboxylic acids is 2. The molecule has 0 saturated carbocycles. The van der Waals surface area contributed by atoms with Gasteiger partial charge in [0.1, 0.15) is 17.7 Å². The molecule has 3 saturated heterocycles. The van der Waals surface area contributed by atoms with Gasteiger partial charge in [0.15, 0.2) is 0 Å². The zero-order valence-electron chi connectivity index (χ0n) is 16.3. The van der Waals surface area contributed by atoms with Crippen molar-refractivity contribution in [3.8, 4) is 0 Å². The number of carbonyl (C=O) groups is 2. The Labute approximate surface area is 174 Å². The number of hydrogen-bond donors (Lipinski definition) is 1. The van der Waals surface area contributed by atoms with E-state index in [1.807, 2.05) is 41.8 Å². The molecule has 1 aromatic heterocycles. The minimum atomic E-state index is -0.438. The van der Waals surface area contributed by atoms with Gasteiger partial charge in [-0.05, 0) is 48.9 Å². The molecule has 0 spiro atoms. The number of nitrogens with zero attached hydrogens (tertiary/aromatic N) is 1. The zero-order chi connectivity index (χ0) is 20.1. The number of piperidine rings is 3. The third-order valence-electron chi connectivity index (χ3n) is 5.73. The fourth-order valence-corrected chi connectivity index (χ4v) is 4.70. The second-order valence-electron chi connectivity index (χ2n) is 7.58. The first-order valence-electron chi connectivity index (χ1n) is 10.1. The molecule has 2 aromatic rings. The van der Waals surface area contributed by atoms with Crippen molar-refractivity contribution in [1.82, 2.24) is 10.2 Å². The average Bonchev–Trinajstić information content (AvgIpc) is 3.30. The maximum Gasteiger partial charge on any atom is 0.349 e. The SMILES string of the molecule is O=C(OCNCC(C(=O)O[C@H]1CN2CCC1CC2)c1ccccc1)c1cccs1. The molecule has 3 aliphatic heterocycles. The van der Waals surface area contributed by atoms with Crippen LogP contribution in [0.5, 0.6) is 0 Å². The minimum Gasteiger partial charge on any atom is -0.460 e. The van der Waals surface area contributed by atoms with E-state index in [0.29, 0.717) is 17.3 Å². The molecule has 4 heterocycles. The maximum atomic E-state index is 13.0. The first kappa shape index (κ1) is 20.1. The first-order valence-corrected chi connectivity index (χ1v) is 11.0. The van der Waals surface area contributed by atoms with Gasteiger partial charge in [-0.2, -0.15) is 0 Å². The van der Waals surface area contributed by atoms with Gasteiger partial charge in [0.2, 0.25) is 0 Å². The summed E-state index contributed by atoms with van der Waals surface area (Å²) in [5.74, 6) is -0.544. The van der Waals surface area contributed by atoms with Gasteiger partial charge in [-0.15, -0.1) is 11.3 Å². The topological polar surface area (TPSA) is 67.9 Å². The summed E-state index contributed by atoms with van der Waals surface area (Å²) in [6, 6.07) is 13.2.